The van der Waals surface area contributed by atoms with E-state index in [1.54, 1.807) is 0 Å². The highest BCUT2D eigenvalue weighted by Gasteiger charge is 2.25. The highest BCUT2D eigenvalue weighted by molar-refractivity contribution is 6.00. The lowest BCUT2D eigenvalue weighted by Crippen LogP contribution is -2.35. The molecule has 0 aliphatic heterocycles. The molecule has 0 saturated heterocycles. The summed E-state index contributed by atoms with van der Waals surface area (Å²) in [6, 6.07) is 4.04. The molecule has 7 nitrogen and oxygen atoms in total. The van der Waals surface area contributed by atoms with E-state index in [4.69, 9.17) is 4.74 Å². The zero-order chi connectivity index (χ0) is 16.1. The molecule has 1 aliphatic rings. The molecule has 2 rings (SSSR count). The Morgan fingerprint density at radius 2 is 2.14 bits per heavy atom. The summed E-state index contributed by atoms with van der Waals surface area (Å²) in [7, 11) is 1.42. The molecule has 0 radical (unpaired) electrons. The Kier molecular flexibility index (Phi) is 5.08. The Balaban J connectivity index is 1.98. The van der Waals surface area contributed by atoms with Crippen molar-refractivity contribution in [1.29, 1.82) is 0 Å². The van der Waals surface area contributed by atoms with Crippen molar-refractivity contribution in [2.75, 3.05) is 13.7 Å². The number of nitrogens with zero attached hydrogens (tertiary/aromatic N) is 1. The van der Waals surface area contributed by atoms with Crippen molar-refractivity contribution in [1.82, 2.24) is 5.32 Å². The van der Waals surface area contributed by atoms with Crippen molar-refractivity contribution in [2.45, 2.75) is 25.7 Å². The van der Waals surface area contributed by atoms with Gasteiger partial charge < -0.3 is 10.1 Å². The molecule has 0 unspecified atom stereocenters. The predicted octanol–water partition coefficient (Wildman–Crippen LogP) is 2.09. The zero-order valence-electron chi connectivity index (χ0n) is 12.3. The van der Waals surface area contributed by atoms with Crippen molar-refractivity contribution in [3.63, 3.8) is 0 Å². The number of ether oxygens (including phenoxy) is 1. The number of methoxy groups -OCH3 is 1. The van der Waals surface area contributed by atoms with Gasteiger partial charge in [0.05, 0.1) is 17.6 Å². The fourth-order valence-electron chi connectivity index (χ4n) is 2.27. The van der Waals surface area contributed by atoms with Gasteiger partial charge in [-0.1, -0.05) is 6.42 Å². The van der Waals surface area contributed by atoms with E-state index in [0.29, 0.717) is 5.75 Å². The minimum atomic E-state index is -0.598. The van der Waals surface area contributed by atoms with Crippen LogP contribution in [0.4, 0.5) is 5.69 Å². The summed E-state index contributed by atoms with van der Waals surface area (Å²) in [5.41, 5.74) is -0.252. The van der Waals surface area contributed by atoms with E-state index in [1.165, 1.54) is 25.3 Å². The number of carbonyl (C=O) groups is 2. The van der Waals surface area contributed by atoms with Gasteiger partial charge in [0, 0.05) is 24.9 Å². The maximum Gasteiger partial charge on any atom is 0.280 e. The fourth-order valence-corrected chi connectivity index (χ4v) is 2.27. The molecule has 0 aromatic heterocycles. The number of ketones is 1. The van der Waals surface area contributed by atoms with E-state index in [-0.39, 0.29) is 41.8 Å². The van der Waals surface area contributed by atoms with Crippen LogP contribution in [0.15, 0.2) is 18.2 Å². The van der Waals surface area contributed by atoms with Gasteiger partial charge in [-0.25, -0.2) is 0 Å². The smallest absolute Gasteiger partial charge is 0.280 e. The number of benzene rings is 1. The molecule has 1 saturated carbocycles. The van der Waals surface area contributed by atoms with Gasteiger partial charge >= 0.3 is 0 Å². The first-order valence-electron chi connectivity index (χ1n) is 7.16. The van der Waals surface area contributed by atoms with Crippen LogP contribution < -0.4 is 10.1 Å². The van der Waals surface area contributed by atoms with Crippen LogP contribution >= 0.6 is 0 Å². The van der Waals surface area contributed by atoms with Crippen molar-refractivity contribution in [2.24, 2.45) is 5.92 Å². The first kappa shape index (κ1) is 15.9. The number of Topliss-reactive ketones (excluding diaryl/α,β-unsaturated/α-hetero) is 1. The average Bonchev–Trinajstić information content (AvgIpc) is 2.44. The molecule has 0 atom stereocenters. The number of hydrogen-bond acceptors (Lipinski definition) is 5. The number of hydrogen-bond donors (Lipinski definition) is 1. The van der Waals surface area contributed by atoms with Crippen LogP contribution in [0.5, 0.6) is 5.75 Å². The standard InChI is InChI=1S/C15H18N2O5/c1-22-11-5-6-13(17(20)21)12(9-11)14(18)7-8-16-15(19)10-3-2-4-10/h5-6,9-10H,2-4,7-8H2,1H3,(H,16,19). The molecule has 0 heterocycles. The zero-order valence-corrected chi connectivity index (χ0v) is 12.3. The molecule has 0 bridgehead atoms. The summed E-state index contributed by atoms with van der Waals surface area (Å²) in [4.78, 5) is 34.2. The summed E-state index contributed by atoms with van der Waals surface area (Å²) >= 11 is 0. The Hall–Kier alpha value is -2.44. The van der Waals surface area contributed by atoms with Crippen LogP contribution in [0.25, 0.3) is 0 Å². The SMILES string of the molecule is COc1ccc([N+](=O)[O-])c(C(=O)CCNC(=O)C2CCC2)c1. The summed E-state index contributed by atoms with van der Waals surface area (Å²) in [5, 5.41) is 13.7. The molecular weight excluding hydrogens is 288 g/mol. The quantitative estimate of drug-likeness (QED) is 0.472. The van der Waals surface area contributed by atoms with E-state index in [1.807, 2.05) is 0 Å². The third kappa shape index (κ3) is 3.60. The fraction of sp³-hybridized carbons (Fsp3) is 0.467. The highest BCUT2D eigenvalue weighted by Crippen LogP contribution is 2.27. The van der Waals surface area contributed by atoms with E-state index in [0.717, 1.165) is 19.3 Å². The Morgan fingerprint density at radius 1 is 1.41 bits per heavy atom. The van der Waals surface area contributed by atoms with Crippen LogP contribution in [0.2, 0.25) is 0 Å². The number of amides is 1. The minimum absolute atomic E-state index is 0.00208. The summed E-state index contributed by atoms with van der Waals surface area (Å²) in [6.07, 6.45) is 2.86. The Morgan fingerprint density at radius 3 is 2.68 bits per heavy atom. The van der Waals surface area contributed by atoms with Crippen LogP contribution in [-0.2, 0) is 4.79 Å². The predicted molar refractivity (Wildman–Crippen MR) is 78.9 cm³/mol. The molecule has 22 heavy (non-hydrogen) atoms. The van der Waals surface area contributed by atoms with Crippen LogP contribution in [0, 0.1) is 16.0 Å². The van der Waals surface area contributed by atoms with Gasteiger partial charge in [-0.15, -0.1) is 0 Å². The van der Waals surface area contributed by atoms with Gasteiger partial charge in [-0.2, -0.15) is 0 Å². The monoisotopic (exact) mass is 306 g/mol. The first-order chi connectivity index (χ1) is 10.5. The average molecular weight is 306 g/mol. The summed E-state index contributed by atoms with van der Waals surface area (Å²) in [5.74, 6) is 0.00686. The van der Waals surface area contributed by atoms with Crippen molar-refractivity contribution in [3.8, 4) is 5.75 Å². The third-order valence-electron chi connectivity index (χ3n) is 3.83. The molecule has 1 fully saturated rings. The molecule has 1 aromatic rings. The second kappa shape index (κ2) is 7.02. The number of rotatable bonds is 7. The molecule has 1 aliphatic carbocycles. The summed E-state index contributed by atoms with van der Waals surface area (Å²) in [6.45, 7) is 0.183. The number of nitrogens with one attached hydrogen (secondary N) is 1. The Bertz CT molecular complexity index is 596. The molecule has 1 N–H and O–H groups in total. The Labute approximate surface area is 127 Å². The third-order valence-corrected chi connectivity index (χ3v) is 3.83. The molecule has 1 aromatic carbocycles. The normalized spacial score (nSPS) is 14.0. The van der Waals surface area contributed by atoms with Gasteiger partial charge in [0.2, 0.25) is 5.91 Å². The summed E-state index contributed by atoms with van der Waals surface area (Å²) < 4.78 is 4.99. The number of nitro benzene ring substituents is 1. The van der Waals surface area contributed by atoms with Crippen molar-refractivity contribution < 1.29 is 19.2 Å². The van der Waals surface area contributed by atoms with Gasteiger partial charge in [0.15, 0.2) is 5.78 Å². The molecule has 118 valence electrons. The van der Waals surface area contributed by atoms with Gasteiger partial charge in [0.1, 0.15) is 5.75 Å². The second-order valence-corrected chi connectivity index (χ2v) is 5.23. The van der Waals surface area contributed by atoms with E-state index in [9.17, 15) is 19.7 Å². The maximum absolute atomic E-state index is 12.2. The topological polar surface area (TPSA) is 98.5 Å². The van der Waals surface area contributed by atoms with E-state index < -0.39 is 4.92 Å². The molecule has 7 heteroatoms. The molecule has 1 amide bonds. The van der Waals surface area contributed by atoms with Crippen LogP contribution in [0.3, 0.4) is 0 Å². The minimum Gasteiger partial charge on any atom is -0.497 e. The largest absolute Gasteiger partial charge is 0.497 e. The number of nitro groups is 1. The number of carbonyl (C=O) groups excluding carboxylic acids is 2. The lowest BCUT2D eigenvalue weighted by Gasteiger charge is -2.23. The van der Waals surface area contributed by atoms with Crippen LogP contribution in [-0.4, -0.2) is 30.3 Å². The first-order valence-corrected chi connectivity index (χ1v) is 7.16. The van der Waals surface area contributed by atoms with Crippen molar-refractivity contribution >= 4 is 17.4 Å². The van der Waals surface area contributed by atoms with E-state index in [2.05, 4.69) is 5.32 Å². The van der Waals surface area contributed by atoms with Crippen molar-refractivity contribution in [3.05, 3.63) is 33.9 Å². The second-order valence-electron chi connectivity index (χ2n) is 5.23. The molecule has 0 spiro atoms. The molecular formula is C15H18N2O5. The highest BCUT2D eigenvalue weighted by atomic mass is 16.6. The lowest BCUT2D eigenvalue weighted by molar-refractivity contribution is -0.385. The maximum atomic E-state index is 12.2. The van der Waals surface area contributed by atoms with Gasteiger partial charge in [-0.3, -0.25) is 19.7 Å². The lowest BCUT2D eigenvalue weighted by atomic mass is 9.85. The van der Waals surface area contributed by atoms with E-state index >= 15 is 0 Å². The van der Waals surface area contributed by atoms with Gasteiger partial charge in [-0.05, 0) is 25.0 Å². The van der Waals surface area contributed by atoms with Gasteiger partial charge in [0.25, 0.3) is 5.69 Å². The van der Waals surface area contributed by atoms with Crippen LogP contribution in [0.1, 0.15) is 36.0 Å².